The molecule has 0 aliphatic rings. The van der Waals surface area contributed by atoms with E-state index in [1.54, 1.807) is 5.32 Å². The summed E-state index contributed by atoms with van der Waals surface area (Å²) < 4.78 is 51.9. The van der Waals surface area contributed by atoms with Crippen molar-refractivity contribution in [3.63, 3.8) is 0 Å². The molecule has 0 atom stereocenters. The van der Waals surface area contributed by atoms with Crippen molar-refractivity contribution in [3.8, 4) is 0 Å². The highest BCUT2D eigenvalue weighted by Crippen LogP contribution is 2.24. The summed E-state index contributed by atoms with van der Waals surface area (Å²) in [4.78, 5) is 11.2. The molecule has 0 saturated heterocycles. The molecule has 0 aromatic heterocycles. The Hall–Kier alpha value is -1.63. The summed E-state index contributed by atoms with van der Waals surface area (Å²) in [7, 11) is 0. The highest BCUT2D eigenvalue weighted by Gasteiger charge is 2.20. The highest BCUT2D eigenvalue weighted by molar-refractivity contribution is 5.90. The summed E-state index contributed by atoms with van der Waals surface area (Å²) in [5.41, 5.74) is -1.14. The van der Waals surface area contributed by atoms with Crippen LogP contribution in [0.25, 0.3) is 0 Å². The van der Waals surface area contributed by atoms with E-state index >= 15 is 0 Å². The molecule has 0 bridgehead atoms. The second-order valence-electron chi connectivity index (χ2n) is 3.57. The van der Waals surface area contributed by atoms with Gasteiger partial charge in [0.1, 0.15) is 5.69 Å². The number of unbranched alkanes of at least 4 members (excludes halogenated alkanes) is 1. The Morgan fingerprint density at radius 1 is 1.11 bits per heavy atom. The average molecular weight is 265 g/mol. The molecule has 1 aromatic rings. The van der Waals surface area contributed by atoms with E-state index in [4.69, 9.17) is 5.11 Å². The Bertz CT molecular complexity index is 425. The predicted octanol–water partition coefficient (Wildman–Crippen LogP) is 2.34. The third-order valence-corrected chi connectivity index (χ3v) is 2.19. The number of nitrogens with one attached hydrogen (secondary N) is 1. The number of hydrogen-bond acceptors (Lipinski definition) is 2. The van der Waals surface area contributed by atoms with Gasteiger partial charge in [0.05, 0.1) is 0 Å². The van der Waals surface area contributed by atoms with Crippen LogP contribution in [0, 0.1) is 23.3 Å². The van der Waals surface area contributed by atoms with E-state index in [0.717, 1.165) is 0 Å². The van der Waals surface area contributed by atoms with E-state index in [9.17, 15) is 22.4 Å². The fourth-order valence-corrected chi connectivity index (χ4v) is 1.28. The van der Waals surface area contributed by atoms with Gasteiger partial charge in [0.2, 0.25) is 5.91 Å². The van der Waals surface area contributed by atoms with Gasteiger partial charge >= 0.3 is 0 Å². The second kappa shape index (κ2) is 6.34. The molecule has 0 aliphatic heterocycles. The molecular weight excluding hydrogens is 254 g/mol. The van der Waals surface area contributed by atoms with Crippen LogP contribution in [0.3, 0.4) is 0 Å². The van der Waals surface area contributed by atoms with Crippen molar-refractivity contribution in [2.24, 2.45) is 0 Å². The molecule has 18 heavy (non-hydrogen) atoms. The molecular formula is C11H11F4NO2. The molecule has 1 amide bonds. The standard InChI is InChI=1S/C11H11F4NO2/c12-6-5-7(13)10(15)11(9(6)14)16-8(18)3-1-2-4-17/h5,17H,1-4H2,(H,16,18). The Labute approximate surface area is 100 Å². The Morgan fingerprint density at radius 3 is 2.17 bits per heavy atom. The SMILES string of the molecule is O=C(CCCCO)Nc1c(F)c(F)cc(F)c1F. The van der Waals surface area contributed by atoms with E-state index < -0.39 is 34.9 Å². The Morgan fingerprint density at radius 2 is 1.67 bits per heavy atom. The van der Waals surface area contributed by atoms with Crippen LogP contribution in [0.5, 0.6) is 0 Å². The van der Waals surface area contributed by atoms with Crippen molar-refractivity contribution in [2.75, 3.05) is 11.9 Å². The van der Waals surface area contributed by atoms with Crippen LogP contribution >= 0.6 is 0 Å². The van der Waals surface area contributed by atoms with Gasteiger partial charge in [-0.2, -0.15) is 0 Å². The van der Waals surface area contributed by atoms with Gasteiger partial charge in [-0.15, -0.1) is 0 Å². The maximum absolute atomic E-state index is 13.2. The first-order valence-electron chi connectivity index (χ1n) is 5.21. The van der Waals surface area contributed by atoms with E-state index in [2.05, 4.69) is 0 Å². The summed E-state index contributed by atoms with van der Waals surface area (Å²) in [6.45, 7) is -0.120. The second-order valence-corrected chi connectivity index (χ2v) is 3.57. The van der Waals surface area contributed by atoms with Crippen molar-refractivity contribution in [1.82, 2.24) is 0 Å². The maximum atomic E-state index is 13.2. The van der Waals surface area contributed by atoms with Crippen molar-refractivity contribution in [3.05, 3.63) is 29.3 Å². The molecule has 100 valence electrons. The number of carbonyl (C=O) groups is 1. The Balaban J connectivity index is 2.81. The number of rotatable bonds is 5. The van der Waals surface area contributed by atoms with Crippen LogP contribution in [0.4, 0.5) is 23.2 Å². The average Bonchev–Trinajstić information content (AvgIpc) is 2.32. The number of benzene rings is 1. The van der Waals surface area contributed by atoms with Crippen LogP contribution in [0.1, 0.15) is 19.3 Å². The first-order valence-corrected chi connectivity index (χ1v) is 5.21. The lowest BCUT2D eigenvalue weighted by Gasteiger charge is -2.08. The molecule has 0 spiro atoms. The fourth-order valence-electron chi connectivity index (χ4n) is 1.28. The molecule has 1 rings (SSSR count). The lowest BCUT2D eigenvalue weighted by Crippen LogP contribution is -2.15. The van der Waals surface area contributed by atoms with E-state index in [-0.39, 0.29) is 19.1 Å². The van der Waals surface area contributed by atoms with E-state index in [0.29, 0.717) is 12.8 Å². The monoisotopic (exact) mass is 265 g/mol. The maximum Gasteiger partial charge on any atom is 0.224 e. The molecule has 7 heteroatoms. The third kappa shape index (κ3) is 3.43. The van der Waals surface area contributed by atoms with Crippen LogP contribution in [0.2, 0.25) is 0 Å². The van der Waals surface area contributed by atoms with Crippen molar-refractivity contribution < 1.29 is 27.5 Å². The number of hydrogen-bond donors (Lipinski definition) is 2. The van der Waals surface area contributed by atoms with Crippen molar-refractivity contribution >= 4 is 11.6 Å². The van der Waals surface area contributed by atoms with E-state index in [1.165, 1.54) is 0 Å². The van der Waals surface area contributed by atoms with Crippen LogP contribution in [-0.2, 0) is 4.79 Å². The van der Waals surface area contributed by atoms with Gasteiger partial charge in [-0.1, -0.05) is 0 Å². The molecule has 3 nitrogen and oxygen atoms in total. The zero-order chi connectivity index (χ0) is 13.7. The fraction of sp³-hybridized carbons (Fsp3) is 0.364. The summed E-state index contributed by atoms with van der Waals surface area (Å²) in [5.74, 6) is -7.25. The zero-order valence-corrected chi connectivity index (χ0v) is 9.27. The summed E-state index contributed by atoms with van der Waals surface area (Å²) >= 11 is 0. The third-order valence-electron chi connectivity index (χ3n) is 2.19. The zero-order valence-electron chi connectivity index (χ0n) is 9.27. The number of carbonyl (C=O) groups excluding carboxylic acids is 1. The summed E-state index contributed by atoms with van der Waals surface area (Å²) in [6, 6.07) is 0.0616. The molecule has 0 heterocycles. The summed E-state index contributed by atoms with van der Waals surface area (Å²) in [5, 5.41) is 10.2. The normalized spacial score (nSPS) is 10.5. The van der Waals surface area contributed by atoms with Crippen LogP contribution in [-0.4, -0.2) is 17.6 Å². The van der Waals surface area contributed by atoms with Crippen molar-refractivity contribution in [1.29, 1.82) is 0 Å². The minimum atomic E-state index is -1.65. The predicted molar refractivity (Wildman–Crippen MR) is 55.8 cm³/mol. The molecule has 0 fully saturated rings. The first-order chi connectivity index (χ1) is 8.47. The van der Waals surface area contributed by atoms with Gasteiger partial charge in [0.25, 0.3) is 0 Å². The lowest BCUT2D eigenvalue weighted by atomic mass is 10.2. The number of amides is 1. The van der Waals surface area contributed by atoms with Gasteiger partial charge < -0.3 is 10.4 Å². The largest absolute Gasteiger partial charge is 0.396 e. The topological polar surface area (TPSA) is 49.3 Å². The minimum Gasteiger partial charge on any atom is -0.396 e. The smallest absolute Gasteiger partial charge is 0.224 e. The van der Waals surface area contributed by atoms with E-state index in [1.807, 2.05) is 0 Å². The number of halogens is 4. The Kier molecular flexibility index (Phi) is 5.08. The molecule has 0 saturated carbocycles. The van der Waals surface area contributed by atoms with Gasteiger partial charge in [-0.25, -0.2) is 17.6 Å². The molecule has 1 aromatic carbocycles. The number of aliphatic hydroxyl groups excluding tert-OH is 1. The number of aliphatic hydroxyl groups is 1. The highest BCUT2D eigenvalue weighted by atomic mass is 19.2. The van der Waals surface area contributed by atoms with Gasteiger partial charge in [-0.3, -0.25) is 4.79 Å². The van der Waals surface area contributed by atoms with Gasteiger partial charge in [0, 0.05) is 19.1 Å². The molecule has 0 radical (unpaired) electrons. The molecule has 0 unspecified atom stereocenters. The van der Waals surface area contributed by atoms with Gasteiger partial charge in [-0.05, 0) is 12.8 Å². The quantitative estimate of drug-likeness (QED) is 0.487. The van der Waals surface area contributed by atoms with Crippen LogP contribution < -0.4 is 5.32 Å². The molecule has 0 aliphatic carbocycles. The first kappa shape index (κ1) is 14.4. The molecule has 2 N–H and O–H groups in total. The lowest BCUT2D eigenvalue weighted by molar-refractivity contribution is -0.116. The summed E-state index contributed by atoms with van der Waals surface area (Å²) in [6.07, 6.45) is 0.525. The van der Waals surface area contributed by atoms with Crippen LogP contribution in [0.15, 0.2) is 6.07 Å². The van der Waals surface area contributed by atoms with Gasteiger partial charge in [0.15, 0.2) is 23.3 Å². The number of anilines is 1. The van der Waals surface area contributed by atoms with Crippen molar-refractivity contribution in [2.45, 2.75) is 19.3 Å². The minimum absolute atomic E-state index is 0.0616.